The molecular formula is C37H52FN7O2. The van der Waals surface area contributed by atoms with Crippen LogP contribution in [-0.2, 0) is 29.4 Å². The quantitative estimate of drug-likeness (QED) is 0.212. The molecule has 9 nitrogen and oxygen atoms in total. The van der Waals surface area contributed by atoms with E-state index in [1.165, 1.54) is 11.1 Å². The Bertz CT molecular complexity index is 1450. The first-order valence-corrected chi connectivity index (χ1v) is 17.9. The summed E-state index contributed by atoms with van der Waals surface area (Å²) in [4.78, 5) is 25.1. The molecular weight excluding hydrogens is 593 g/mol. The van der Waals surface area contributed by atoms with Crippen molar-refractivity contribution in [1.82, 2.24) is 24.6 Å². The van der Waals surface area contributed by atoms with E-state index in [9.17, 15) is 9.18 Å². The molecule has 2 N–H and O–H groups in total. The highest BCUT2D eigenvalue weighted by Crippen LogP contribution is 2.38. The maximum Gasteiger partial charge on any atom is 0.308 e. The largest absolute Gasteiger partial charge is 0.466 e. The second-order valence-corrected chi connectivity index (χ2v) is 13.8. The zero-order valence-electron chi connectivity index (χ0n) is 28.3. The maximum atomic E-state index is 14.0. The number of aromatic nitrogens is 4. The second kappa shape index (κ2) is 15.6. The molecule has 2 aliphatic carbocycles. The fraction of sp³-hybridized carbons (Fsp3) is 0.622. The monoisotopic (exact) mass is 645 g/mol. The first-order chi connectivity index (χ1) is 22.9. The molecule has 1 saturated heterocycles. The lowest BCUT2D eigenvalue weighted by atomic mass is 9.78. The molecule has 3 aliphatic rings. The van der Waals surface area contributed by atoms with Crippen LogP contribution in [0.2, 0.25) is 0 Å². The van der Waals surface area contributed by atoms with Gasteiger partial charge in [0.2, 0.25) is 5.95 Å². The summed E-state index contributed by atoms with van der Waals surface area (Å²) in [6.07, 6.45) is 11.9. The first-order valence-electron chi connectivity index (χ1n) is 17.9. The van der Waals surface area contributed by atoms with Gasteiger partial charge in [0.1, 0.15) is 12.0 Å². The fourth-order valence-electron chi connectivity index (χ4n) is 7.90. The van der Waals surface area contributed by atoms with Gasteiger partial charge in [-0.15, -0.1) is 0 Å². The number of ether oxygens (including phenoxy) is 1. The van der Waals surface area contributed by atoms with Crippen molar-refractivity contribution in [3.8, 4) is 0 Å². The molecule has 2 aromatic heterocycles. The van der Waals surface area contributed by atoms with Crippen LogP contribution in [0.5, 0.6) is 0 Å². The summed E-state index contributed by atoms with van der Waals surface area (Å²) in [5.41, 5.74) is 4.75. The zero-order valence-corrected chi connectivity index (χ0v) is 28.3. The Hall–Kier alpha value is -3.53. The SMILES string of the molecule is CCOC(=O)C1CCC([C@@H](CC)Nc2nc3c(c(N[C@@H](CN4CCC(F)CC4)c4cnn(C)c4)n2)C[C@H](c2ccccc2)CC3)CC1. The molecule has 254 valence electrons. The zero-order chi connectivity index (χ0) is 32.8. The van der Waals surface area contributed by atoms with E-state index in [-0.39, 0.29) is 24.0 Å². The molecule has 0 amide bonds. The number of likely N-dealkylation sites (tertiary alicyclic amines) is 1. The highest BCUT2D eigenvalue weighted by atomic mass is 19.1. The number of alkyl halides is 1. The molecule has 10 heteroatoms. The number of anilines is 2. The molecule has 2 fully saturated rings. The third kappa shape index (κ3) is 8.31. The molecule has 1 saturated carbocycles. The maximum absolute atomic E-state index is 14.0. The fourth-order valence-corrected chi connectivity index (χ4v) is 7.90. The third-order valence-electron chi connectivity index (χ3n) is 10.7. The number of carbonyl (C=O) groups is 1. The van der Waals surface area contributed by atoms with Gasteiger partial charge in [-0.25, -0.2) is 9.37 Å². The Morgan fingerprint density at radius 1 is 1.02 bits per heavy atom. The van der Waals surface area contributed by atoms with Crippen molar-refractivity contribution >= 4 is 17.7 Å². The van der Waals surface area contributed by atoms with Gasteiger partial charge >= 0.3 is 5.97 Å². The van der Waals surface area contributed by atoms with Crippen LogP contribution in [0.25, 0.3) is 0 Å². The van der Waals surface area contributed by atoms with Gasteiger partial charge in [0.25, 0.3) is 0 Å². The average Bonchev–Trinajstić information content (AvgIpc) is 3.54. The van der Waals surface area contributed by atoms with Crippen molar-refractivity contribution in [2.45, 2.75) is 102 Å². The van der Waals surface area contributed by atoms with Crippen LogP contribution in [0.15, 0.2) is 42.7 Å². The van der Waals surface area contributed by atoms with Gasteiger partial charge in [0.15, 0.2) is 0 Å². The van der Waals surface area contributed by atoms with Gasteiger partial charge < -0.3 is 20.3 Å². The van der Waals surface area contributed by atoms with Crippen LogP contribution in [0.3, 0.4) is 0 Å². The lowest BCUT2D eigenvalue weighted by Crippen LogP contribution is -2.39. The molecule has 47 heavy (non-hydrogen) atoms. The van der Waals surface area contributed by atoms with Crippen molar-refractivity contribution in [1.29, 1.82) is 0 Å². The average molecular weight is 646 g/mol. The van der Waals surface area contributed by atoms with Crippen molar-refractivity contribution in [3.63, 3.8) is 0 Å². The minimum atomic E-state index is -0.708. The number of nitrogens with one attached hydrogen (secondary N) is 2. The number of benzene rings is 1. The smallest absolute Gasteiger partial charge is 0.308 e. The summed E-state index contributed by atoms with van der Waals surface area (Å²) in [6, 6.07) is 11.0. The second-order valence-electron chi connectivity index (χ2n) is 13.8. The van der Waals surface area contributed by atoms with E-state index < -0.39 is 6.17 Å². The molecule has 3 heterocycles. The number of hydrogen-bond acceptors (Lipinski definition) is 8. The van der Waals surface area contributed by atoms with E-state index in [1.54, 1.807) is 0 Å². The molecule has 0 radical (unpaired) electrons. The summed E-state index contributed by atoms with van der Waals surface area (Å²) >= 11 is 0. The molecule has 0 spiro atoms. The van der Waals surface area contributed by atoms with Gasteiger partial charge in [0, 0.05) is 50.0 Å². The Labute approximate surface area is 279 Å². The van der Waals surface area contributed by atoms with Crippen LogP contribution in [-0.4, -0.2) is 69.1 Å². The van der Waals surface area contributed by atoms with Gasteiger partial charge in [-0.3, -0.25) is 9.48 Å². The molecule has 1 aromatic carbocycles. The van der Waals surface area contributed by atoms with Crippen LogP contribution in [0.1, 0.15) is 99.6 Å². The van der Waals surface area contributed by atoms with Gasteiger partial charge in [-0.1, -0.05) is 37.3 Å². The molecule has 3 aromatic rings. The first kappa shape index (κ1) is 33.4. The number of aryl methyl sites for hydroxylation is 2. The minimum Gasteiger partial charge on any atom is -0.466 e. The predicted octanol–water partition coefficient (Wildman–Crippen LogP) is 6.63. The Balaban J connectivity index is 1.27. The number of fused-ring (bicyclic) bond motifs is 1. The van der Waals surface area contributed by atoms with Gasteiger partial charge in [-0.2, -0.15) is 10.1 Å². The van der Waals surface area contributed by atoms with E-state index in [0.717, 1.165) is 88.1 Å². The van der Waals surface area contributed by atoms with Crippen LogP contribution in [0, 0.1) is 11.8 Å². The summed E-state index contributed by atoms with van der Waals surface area (Å²) in [5.74, 6) is 2.37. The molecule has 6 rings (SSSR count). The van der Waals surface area contributed by atoms with Crippen LogP contribution < -0.4 is 10.6 Å². The summed E-state index contributed by atoms with van der Waals surface area (Å²) < 4.78 is 21.2. The van der Waals surface area contributed by atoms with E-state index in [0.29, 0.717) is 37.2 Å². The third-order valence-corrected chi connectivity index (χ3v) is 10.7. The number of halogens is 1. The number of piperidine rings is 1. The highest BCUT2D eigenvalue weighted by molar-refractivity contribution is 5.72. The molecule has 0 unspecified atom stereocenters. The summed E-state index contributed by atoms with van der Waals surface area (Å²) in [6.45, 7) is 6.78. The van der Waals surface area contributed by atoms with Crippen molar-refractivity contribution in [2.24, 2.45) is 18.9 Å². The lowest BCUT2D eigenvalue weighted by molar-refractivity contribution is -0.149. The highest BCUT2D eigenvalue weighted by Gasteiger charge is 2.33. The number of rotatable bonds is 12. The minimum absolute atomic E-state index is 0.0113. The molecule has 3 atom stereocenters. The number of esters is 1. The Morgan fingerprint density at radius 3 is 2.47 bits per heavy atom. The predicted molar refractivity (Wildman–Crippen MR) is 183 cm³/mol. The van der Waals surface area contributed by atoms with E-state index in [1.807, 2.05) is 24.9 Å². The summed E-state index contributed by atoms with van der Waals surface area (Å²) in [7, 11) is 1.94. The standard InChI is InChI=1S/C37H52FN7O2/c1-4-32(26-11-13-27(14-12-26)36(46)47-5-2)41-37-42-33-16-15-28(25-9-7-6-8-10-25)21-31(33)35(43-37)40-34(29-22-39-44(3)23-29)24-45-19-17-30(38)18-20-45/h6-10,22-23,26-28,30,32,34H,4-5,11-21,24H2,1-3H3,(H2,40,41,42,43)/t26?,27?,28-,32-,34+/m1/s1. The Morgan fingerprint density at radius 2 is 1.79 bits per heavy atom. The van der Waals surface area contributed by atoms with E-state index in [2.05, 4.69) is 64.1 Å². The van der Waals surface area contributed by atoms with Crippen molar-refractivity contribution in [3.05, 3.63) is 65.1 Å². The van der Waals surface area contributed by atoms with E-state index >= 15 is 0 Å². The van der Waals surface area contributed by atoms with Crippen LogP contribution in [0.4, 0.5) is 16.2 Å². The topological polar surface area (TPSA) is 97.2 Å². The van der Waals surface area contributed by atoms with Crippen LogP contribution >= 0.6 is 0 Å². The number of hydrogen-bond donors (Lipinski definition) is 2. The summed E-state index contributed by atoms with van der Waals surface area (Å²) in [5, 5.41) is 12.1. The Kier molecular flexibility index (Phi) is 11.1. The lowest BCUT2D eigenvalue weighted by Gasteiger charge is -2.34. The van der Waals surface area contributed by atoms with E-state index in [4.69, 9.17) is 14.7 Å². The van der Waals surface area contributed by atoms with Gasteiger partial charge in [-0.05, 0) is 88.5 Å². The van der Waals surface area contributed by atoms with Gasteiger partial charge in [0.05, 0.1) is 30.5 Å². The van der Waals surface area contributed by atoms with Crippen molar-refractivity contribution in [2.75, 3.05) is 36.9 Å². The number of nitrogens with zero attached hydrogens (tertiary/aromatic N) is 5. The molecule has 0 bridgehead atoms. The normalized spacial score (nSPS) is 23.4. The molecule has 1 aliphatic heterocycles. The number of carbonyl (C=O) groups excluding carboxylic acids is 1. The van der Waals surface area contributed by atoms with Crippen molar-refractivity contribution < 1.29 is 13.9 Å².